The first-order valence-corrected chi connectivity index (χ1v) is 16.9. The summed E-state index contributed by atoms with van der Waals surface area (Å²) >= 11 is 0. The summed E-state index contributed by atoms with van der Waals surface area (Å²) in [5.74, 6) is -0.283. The SMILES string of the molecule is Cc1[nH]c2ccccc2c1[C@H]1[C@@H](CC(=O)N(Cc2ccc(C(F)(F)F)cc2)C2(C(=O)Nc3ccc(N(C)C)cc3)CCN(C)CC2)C1(C)C. The number of nitrogens with one attached hydrogen (secondary N) is 2. The third-order valence-electron chi connectivity index (χ3n) is 11.0. The molecule has 6 rings (SSSR count). The van der Waals surface area contributed by atoms with Crippen LogP contribution in [-0.4, -0.2) is 66.4 Å². The number of anilines is 2. The minimum atomic E-state index is -4.47. The molecule has 2 fully saturated rings. The second-order valence-corrected chi connectivity index (χ2v) is 14.7. The number of aryl methyl sites for hydroxylation is 1. The molecule has 2 heterocycles. The predicted octanol–water partition coefficient (Wildman–Crippen LogP) is 7.82. The van der Waals surface area contributed by atoms with Crippen LogP contribution < -0.4 is 10.2 Å². The van der Waals surface area contributed by atoms with Gasteiger partial charge in [-0.1, -0.05) is 44.2 Å². The predicted molar refractivity (Wildman–Crippen MR) is 189 cm³/mol. The second kappa shape index (κ2) is 12.9. The van der Waals surface area contributed by atoms with Crippen LogP contribution in [0.15, 0.2) is 72.8 Å². The van der Waals surface area contributed by atoms with Gasteiger partial charge in [-0.2, -0.15) is 13.2 Å². The van der Waals surface area contributed by atoms with E-state index in [0.717, 1.165) is 34.4 Å². The molecule has 2 N–H and O–H groups in total. The van der Waals surface area contributed by atoms with Gasteiger partial charge in [0, 0.05) is 68.1 Å². The highest BCUT2D eigenvalue weighted by atomic mass is 19.4. The van der Waals surface area contributed by atoms with Crippen molar-refractivity contribution in [2.45, 2.75) is 64.2 Å². The standard InChI is InChI=1S/C39H46F3N5O2/c1-25-34(30-9-7-8-10-32(30)43-25)35-31(37(35,2)3)23-33(48)47(24-26-11-13-27(14-12-26)39(40,41)42)38(19-21-46(6)22-20-38)36(49)44-28-15-17-29(18-16-28)45(4)5/h7-18,31,35,43H,19-24H2,1-6H3,(H,44,49)/t31-,35-/m1/s1. The smallest absolute Gasteiger partial charge is 0.378 e. The van der Waals surface area contributed by atoms with Crippen LogP contribution in [0.1, 0.15) is 61.4 Å². The molecule has 1 aliphatic heterocycles. The number of hydrogen-bond donors (Lipinski definition) is 2. The Labute approximate surface area is 286 Å². The monoisotopic (exact) mass is 673 g/mol. The topological polar surface area (TPSA) is 71.7 Å². The number of nitrogens with zero attached hydrogens (tertiary/aromatic N) is 3. The van der Waals surface area contributed by atoms with Gasteiger partial charge < -0.3 is 25.0 Å². The van der Waals surface area contributed by atoms with Crippen LogP contribution >= 0.6 is 0 Å². The molecule has 0 radical (unpaired) electrons. The number of likely N-dealkylation sites (tertiary alicyclic amines) is 1. The fraction of sp³-hybridized carbons (Fsp3) is 0.436. The van der Waals surface area contributed by atoms with E-state index in [1.54, 1.807) is 4.90 Å². The zero-order valence-electron chi connectivity index (χ0n) is 29.1. The summed E-state index contributed by atoms with van der Waals surface area (Å²) in [5, 5.41) is 4.26. The fourth-order valence-electron chi connectivity index (χ4n) is 7.85. The number of carbonyl (C=O) groups excluding carboxylic acids is 2. The third-order valence-corrected chi connectivity index (χ3v) is 11.0. The lowest BCUT2D eigenvalue weighted by molar-refractivity contribution is -0.150. The van der Waals surface area contributed by atoms with Crippen molar-refractivity contribution in [3.8, 4) is 0 Å². The molecule has 10 heteroatoms. The molecule has 2 amide bonds. The van der Waals surface area contributed by atoms with Crippen LogP contribution in [0, 0.1) is 18.3 Å². The van der Waals surface area contributed by atoms with Crippen LogP contribution in [0.2, 0.25) is 0 Å². The van der Waals surface area contributed by atoms with Crippen molar-refractivity contribution in [2.75, 3.05) is 44.4 Å². The number of para-hydroxylation sites is 1. The largest absolute Gasteiger partial charge is 0.416 e. The summed E-state index contributed by atoms with van der Waals surface area (Å²) in [7, 11) is 5.87. The average Bonchev–Trinajstić information content (AvgIpc) is 3.40. The molecule has 1 aromatic heterocycles. The summed E-state index contributed by atoms with van der Waals surface area (Å²) in [6.45, 7) is 7.66. The van der Waals surface area contributed by atoms with E-state index in [1.165, 1.54) is 17.7 Å². The van der Waals surface area contributed by atoms with E-state index in [0.29, 0.717) is 37.2 Å². The number of H-pyrrole nitrogens is 1. The van der Waals surface area contributed by atoms with Gasteiger partial charge in [-0.25, -0.2) is 0 Å². The number of benzene rings is 3. The Morgan fingerprint density at radius 2 is 1.59 bits per heavy atom. The molecule has 260 valence electrons. The van der Waals surface area contributed by atoms with E-state index in [1.807, 2.05) is 62.4 Å². The van der Waals surface area contributed by atoms with Crippen molar-refractivity contribution in [3.63, 3.8) is 0 Å². The van der Waals surface area contributed by atoms with Crippen LogP contribution in [0.4, 0.5) is 24.5 Å². The summed E-state index contributed by atoms with van der Waals surface area (Å²) < 4.78 is 40.4. The van der Waals surface area contributed by atoms with E-state index in [4.69, 9.17) is 0 Å². The number of alkyl halides is 3. The molecule has 1 aliphatic carbocycles. The number of fused-ring (bicyclic) bond motifs is 1. The van der Waals surface area contributed by atoms with Gasteiger partial charge in [-0.3, -0.25) is 9.59 Å². The highest BCUT2D eigenvalue weighted by Crippen LogP contribution is 2.67. The number of piperidine rings is 1. The Kier molecular flexibility index (Phi) is 9.07. The average molecular weight is 674 g/mol. The normalized spacial score (nSPS) is 20.2. The molecule has 2 atom stereocenters. The lowest BCUT2D eigenvalue weighted by atomic mass is 9.83. The van der Waals surface area contributed by atoms with E-state index in [-0.39, 0.29) is 42.0 Å². The minimum absolute atomic E-state index is 0.0254. The number of aromatic amines is 1. The molecule has 1 saturated carbocycles. The van der Waals surface area contributed by atoms with E-state index >= 15 is 0 Å². The Morgan fingerprint density at radius 1 is 0.959 bits per heavy atom. The molecule has 4 aromatic rings. The van der Waals surface area contributed by atoms with E-state index in [2.05, 4.69) is 48.1 Å². The Balaban J connectivity index is 1.35. The molecule has 3 aromatic carbocycles. The highest BCUT2D eigenvalue weighted by molar-refractivity contribution is 6.01. The third kappa shape index (κ3) is 6.67. The maximum absolute atomic E-state index is 14.8. The molecular weight excluding hydrogens is 627 g/mol. The number of halogens is 3. The molecule has 7 nitrogen and oxygen atoms in total. The quantitative estimate of drug-likeness (QED) is 0.190. The van der Waals surface area contributed by atoms with Gasteiger partial charge in [-0.05, 0) is 97.7 Å². The van der Waals surface area contributed by atoms with Gasteiger partial charge in [0.15, 0.2) is 0 Å². The van der Waals surface area contributed by atoms with Gasteiger partial charge >= 0.3 is 6.18 Å². The molecule has 49 heavy (non-hydrogen) atoms. The van der Waals surface area contributed by atoms with Crippen molar-refractivity contribution < 1.29 is 22.8 Å². The molecule has 0 unspecified atom stereocenters. The lowest BCUT2D eigenvalue weighted by Gasteiger charge is -2.47. The summed E-state index contributed by atoms with van der Waals surface area (Å²) in [6.07, 6.45) is -3.45. The number of aromatic nitrogens is 1. The van der Waals surface area contributed by atoms with Gasteiger partial charge in [0.1, 0.15) is 5.54 Å². The lowest BCUT2D eigenvalue weighted by Crippen LogP contribution is -2.62. The van der Waals surface area contributed by atoms with Crippen LogP contribution in [-0.2, 0) is 22.3 Å². The van der Waals surface area contributed by atoms with Crippen LogP contribution in [0.3, 0.4) is 0 Å². The minimum Gasteiger partial charge on any atom is -0.378 e. The summed E-state index contributed by atoms with van der Waals surface area (Å²) in [5.41, 5.74) is 3.41. The summed E-state index contributed by atoms with van der Waals surface area (Å²) in [4.78, 5) is 38.6. The number of amides is 2. The van der Waals surface area contributed by atoms with Crippen molar-refractivity contribution in [1.82, 2.24) is 14.8 Å². The maximum atomic E-state index is 14.8. The Bertz CT molecular complexity index is 1820. The molecule has 2 aliphatic rings. The number of carbonyl (C=O) groups is 2. The molecule has 1 saturated heterocycles. The zero-order chi connectivity index (χ0) is 35.3. The van der Waals surface area contributed by atoms with E-state index < -0.39 is 17.3 Å². The van der Waals surface area contributed by atoms with E-state index in [9.17, 15) is 22.8 Å². The van der Waals surface area contributed by atoms with Crippen molar-refractivity contribution in [1.29, 1.82) is 0 Å². The summed E-state index contributed by atoms with van der Waals surface area (Å²) in [6, 6.07) is 20.7. The fourth-order valence-corrected chi connectivity index (χ4v) is 7.85. The van der Waals surface area contributed by atoms with Crippen molar-refractivity contribution in [3.05, 3.63) is 95.2 Å². The van der Waals surface area contributed by atoms with Gasteiger partial charge in [0.2, 0.25) is 11.8 Å². The second-order valence-electron chi connectivity index (χ2n) is 14.7. The van der Waals surface area contributed by atoms with Gasteiger partial charge in [-0.15, -0.1) is 0 Å². The van der Waals surface area contributed by atoms with Crippen LogP contribution in [0.5, 0.6) is 0 Å². The number of rotatable bonds is 9. The molecule has 0 spiro atoms. The van der Waals surface area contributed by atoms with Gasteiger partial charge in [0.25, 0.3) is 0 Å². The Morgan fingerprint density at radius 3 is 2.20 bits per heavy atom. The van der Waals surface area contributed by atoms with Crippen LogP contribution in [0.25, 0.3) is 10.9 Å². The molecule has 0 bridgehead atoms. The number of hydrogen-bond acceptors (Lipinski definition) is 4. The molecular formula is C39H46F3N5O2. The first-order valence-electron chi connectivity index (χ1n) is 16.9. The van der Waals surface area contributed by atoms with Crippen molar-refractivity contribution >= 4 is 34.1 Å². The Hall–Kier alpha value is -4.31. The maximum Gasteiger partial charge on any atom is 0.416 e. The highest BCUT2D eigenvalue weighted by Gasteiger charge is 2.60. The van der Waals surface area contributed by atoms with Crippen molar-refractivity contribution in [2.24, 2.45) is 11.3 Å². The van der Waals surface area contributed by atoms with Gasteiger partial charge in [0.05, 0.1) is 5.56 Å². The first kappa shape index (κ1) is 34.5. The first-order chi connectivity index (χ1) is 23.1. The zero-order valence-corrected chi connectivity index (χ0v) is 29.1.